The van der Waals surface area contributed by atoms with Crippen LogP contribution < -0.4 is 4.90 Å². The lowest BCUT2D eigenvalue weighted by Gasteiger charge is -2.34. The van der Waals surface area contributed by atoms with Crippen molar-refractivity contribution < 1.29 is 0 Å². The van der Waals surface area contributed by atoms with Crippen molar-refractivity contribution >= 4 is 17.1 Å². The van der Waals surface area contributed by atoms with Crippen LogP contribution in [0.5, 0.6) is 0 Å². The Hall–Kier alpha value is -5.66. The minimum Gasteiger partial charge on any atom is -0.311 e. The van der Waals surface area contributed by atoms with Gasteiger partial charge in [0, 0.05) is 17.1 Å². The average Bonchev–Trinajstić information content (AvgIpc) is 3.41. The van der Waals surface area contributed by atoms with Gasteiger partial charge in [-0.1, -0.05) is 152 Å². The molecule has 0 spiro atoms. The predicted molar refractivity (Wildman–Crippen MR) is 184 cm³/mol. The highest BCUT2D eigenvalue weighted by molar-refractivity contribution is 5.86. The number of hydrogen-bond donors (Lipinski definition) is 0. The van der Waals surface area contributed by atoms with Crippen molar-refractivity contribution in [3.05, 3.63) is 210 Å². The molecule has 1 aliphatic rings. The summed E-state index contributed by atoms with van der Waals surface area (Å²) >= 11 is 0. The van der Waals surface area contributed by atoms with Crippen LogP contribution in [0.25, 0.3) is 22.3 Å². The van der Waals surface area contributed by atoms with Crippen molar-refractivity contribution in [1.29, 1.82) is 0 Å². The van der Waals surface area contributed by atoms with Crippen molar-refractivity contribution in [3.8, 4) is 22.3 Å². The molecule has 0 aromatic heterocycles. The van der Waals surface area contributed by atoms with E-state index in [1.165, 1.54) is 44.5 Å². The molecule has 208 valence electrons. The Morgan fingerprint density at radius 1 is 0.295 bits per heavy atom. The van der Waals surface area contributed by atoms with Gasteiger partial charge in [0.15, 0.2) is 0 Å². The van der Waals surface area contributed by atoms with Gasteiger partial charge in [-0.2, -0.15) is 0 Å². The van der Waals surface area contributed by atoms with Crippen LogP contribution in [-0.4, -0.2) is 0 Å². The molecule has 8 rings (SSSR count). The maximum Gasteiger partial charge on any atom is 0.0713 e. The highest BCUT2D eigenvalue weighted by atomic mass is 15.1. The normalized spacial score (nSPS) is 12.7. The molecule has 0 amide bonds. The van der Waals surface area contributed by atoms with Gasteiger partial charge in [-0.25, -0.2) is 0 Å². The zero-order valence-electron chi connectivity index (χ0n) is 24.3. The number of anilines is 3. The van der Waals surface area contributed by atoms with Gasteiger partial charge in [0.25, 0.3) is 0 Å². The second kappa shape index (κ2) is 10.9. The maximum absolute atomic E-state index is 2.33. The van der Waals surface area contributed by atoms with Gasteiger partial charge in [-0.3, -0.25) is 0 Å². The van der Waals surface area contributed by atoms with Crippen molar-refractivity contribution in [2.24, 2.45) is 0 Å². The molecule has 1 heteroatoms. The Kier molecular flexibility index (Phi) is 6.43. The van der Waals surface area contributed by atoms with E-state index in [1.807, 2.05) is 0 Å². The SMILES string of the molecule is c1ccc(N(c2ccccc2)c2ccc(-c3ccc(C4(c5ccccc5)c5ccccc5-c5ccccc54)cc3)cc2)cc1. The molecule has 0 atom stereocenters. The van der Waals surface area contributed by atoms with E-state index in [2.05, 4.69) is 193 Å². The summed E-state index contributed by atoms with van der Waals surface area (Å²) in [6.07, 6.45) is 0. The van der Waals surface area contributed by atoms with Crippen LogP contribution in [0.1, 0.15) is 22.3 Å². The largest absolute Gasteiger partial charge is 0.311 e. The van der Waals surface area contributed by atoms with Crippen LogP contribution in [0, 0.1) is 0 Å². The maximum atomic E-state index is 2.33. The number of benzene rings is 7. The first-order valence-corrected chi connectivity index (χ1v) is 15.2. The number of rotatable bonds is 6. The molecule has 44 heavy (non-hydrogen) atoms. The number of para-hydroxylation sites is 2. The van der Waals surface area contributed by atoms with Gasteiger partial charge in [0.2, 0.25) is 0 Å². The third-order valence-corrected chi connectivity index (χ3v) is 8.96. The van der Waals surface area contributed by atoms with Crippen LogP contribution in [0.15, 0.2) is 188 Å². The Balaban J connectivity index is 1.20. The molecular weight excluding hydrogens is 530 g/mol. The monoisotopic (exact) mass is 561 g/mol. The number of fused-ring (bicyclic) bond motifs is 3. The summed E-state index contributed by atoms with van der Waals surface area (Å²) in [5, 5.41) is 0. The molecule has 0 unspecified atom stereocenters. The molecule has 7 aromatic carbocycles. The van der Waals surface area contributed by atoms with Gasteiger partial charge in [0.05, 0.1) is 5.41 Å². The Labute approximate surface area is 259 Å². The molecule has 0 fully saturated rings. The first-order chi connectivity index (χ1) is 21.8. The van der Waals surface area contributed by atoms with Crippen molar-refractivity contribution in [2.45, 2.75) is 5.41 Å². The van der Waals surface area contributed by atoms with Gasteiger partial charge in [-0.05, 0) is 80.9 Å². The molecular formula is C43H31N. The van der Waals surface area contributed by atoms with Gasteiger partial charge >= 0.3 is 0 Å². The first-order valence-electron chi connectivity index (χ1n) is 15.2. The number of hydrogen-bond acceptors (Lipinski definition) is 1. The van der Waals surface area contributed by atoms with E-state index in [0.29, 0.717) is 0 Å². The smallest absolute Gasteiger partial charge is 0.0713 e. The van der Waals surface area contributed by atoms with E-state index in [-0.39, 0.29) is 5.41 Å². The highest BCUT2D eigenvalue weighted by Gasteiger charge is 2.45. The third-order valence-electron chi connectivity index (χ3n) is 8.96. The van der Waals surface area contributed by atoms with Crippen molar-refractivity contribution in [1.82, 2.24) is 0 Å². The Bertz CT molecular complexity index is 1940. The molecule has 0 heterocycles. The molecule has 0 aliphatic heterocycles. The lowest BCUT2D eigenvalue weighted by Crippen LogP contribution is -2.28. The predicted octanol–water partition coefficient (Wildman–Crippen LogP) is 11.2. The van der Waals surface area contributed by atoms with Crippen LogP contribution in [-0.2, 0) is 5.41 Å². The van der Waals surface area contributed by atoms with Crippen LogP contribution in [0.2, 0.25) is 0 Å². The van der Waals surface area contributed by atoms with Crippen LogP contribution >= 0.6 is 0 Å². The second-order valence-electron chi connectivity index (χ2n) is 11.3. The molecule has 0 radical (unpaired) electrons. The van der Waals surface area contributed by atoms with E-state index in [0.717, 1.165) is 17.1 Å². The summed E-state index contributed by atoms with van der Waals surface area (Å²) in [7, 11) is 0. The summed E-state index contributed by atoms with van der Waals surface area (Å²) < 4.78 is 0. The molecule has 1 nitrogen and oxygen atoms in total. The third kappa shape index (κ3) is 4.17. The average molecular weight is 562 g/mol. The lowest BCUT2D eigenvalue weighted by molar-refractivity contribution is 0.768. The fourth-order valence-corrected chi connectivity index (χ4v) is 7.03. The summed E-state index contributed by atoms with van der Waals surface area (Å²) in [6, 6.07) is 68.0. The van der Waals surface area contributed by atoms with E-state index in [1.54, 1.807) is 0 Å². The molecule has 0 saturated heterocycles. The zero-order valence-corrected chi connectivity index (χ0v) is 24.3. The van der Waals surface area contributed by atoms with E-state index >= 15 is 0 Å². The molecule has 0 saturated carbocycles. The highest BCUT2D eigenvalue weighted by Crippen LogP contribution is 2.56. The fourth-order valence-electron chi connectivity index (χ4n) is 7.03. The van der Waals surface area contributed by atoms with Crippen LogP contribution in [0.4, 0.5) is 17.1 Å². The topological polar surface area (TPSA) is 3.24 Å². The summed E-state index contributed by atoms with van der Waals surface area (Å²) in [6.45, 7) is 0. The van der Waals surface area contributed by atoms with Gasteiger partial charge in [-0.15, -0.1) is 0 Å². The summed E-state index contributed by atoms with van der Waals surface area (Å²) in [5.41, 5.74) is 13.3. The van der Waals surface area contributed by atoms with E-state index < -0.39 is 0 Å². The van der Waals surface area contributed by atoms with E-state index in [9.17, 15) is 0 Å². The van der Waals surface area contributed by atoms with E-state index in [4.69, 9.17) is 0 Å². The lowest BCUT2D eigenvalue weighted by atomic mass is 9.67. The molecule has 1 aliphatic carbocycles. The minimum absolute atomic E-state index is 0.372. The first kappa shape index (κ1) is 26.0. The van der Waals surface area contributed by atoms with Crippen molar-refractivity contribution in [2.75, 3.05) is 4.90 Å². The number of nitrogens with zero attached hydrogens (tertiary/aromatic N) is 1. The molecule has 0 N–H and O–H groups in total. The van der Waals surface area contributed by atoms with Gasteiger partial charge in [0.1, 0.15) is 0 Å². The van der Waals surface area contributed by atoms with Crippen LogP contribution in [0.3, 0.4) is 0 Å². The zero-order chi connectivity index (χ0) is 29.3. The molecule has 7 aromatic rings. The Morgan fingerprint density at radius 3 is 1.16 bits per heavy atom. The quantitative estimate of drug-likeness (QED) is 0.195. The van der Waals surface area contributed by atoms with Crippen molar-refractivity contribution in [3.63, 3.8) is 0 Å². The Morgan fingerprint density at radius 2 is 0.659 bits per heavy atom. The molecule has 0 bridgehead atoms. The minimum atomic E-state index is -0.372. The summed E-state index contributed by atoms with van der Waals surface area (Å²) in [5.74, 6) is 0. The van der Waals surface area contributed by atoms with Gasteiger partial charge < -0.3 is 4.90 Å². The summed E-state index contributed by atoms with van der Waals surface area (Å²) in [4.78, 5) is 2.30. The fraction of sp³-hybridized carbons (Fsp3) is 0.0233. The second-order valence-corrected chi connectivity index (χ2v) is 11.3. The standard InChI is InChI=1S/C43H31N/c1-4-14-34(15-5-1)43(41-22-12-10-20-39(41)40-21-11-13-23-42(40)43)35-28-24-32(25-29-35)33-26-30-38(31-27-33)44(36-16-6-2-7-17-36)37-18-8-3-9-19-37/h1-31H.